The van der Waals surface area contributed by atoms with Gasteiger partial charge in [-0.25, -0.2) is 4.68 Å². The molecule has 0 spiro atoms. The van der Waals surface area contributed by atoms with Gasteiger partial charge in [-0.2, -0.15) is 0 Å². The highest BCUT2D eigenvalue weighted by molar-refractivity contribution is 5.32. The van der Waals surface area contributed by atoms with Crippen LogP contribution in [0.5, 0.6) is 5.75 Å². The van der Waals surface area contributed by atoms with Gasteiger partial charge in [0.15, 0.2) is 5.82 Å². The average Bonchev–Trinajstić information content (AvgIpc) is 3.54. The molecule has 0 radical (unpaired) electrons. The lowest BCUT2D eigenvalue weighted by molar-refractivity contribution is 0.0595. The van der Waals surface area contributed by atoms with E-state index in [0.717, 1.165) is 69.8 Å². The Morgan fingerprint density at radius 2 is 1.78 bits per heavy atom. The van der Waals surface area contributed by atoms with E-state index in [-0.39, 0.29) is 12.1 Å². The summed E-state index contributed by atoms with van der Waals surface area (Å²) in [5, 5.41) is 13.0. The normalized spacial score (nSPS) is 24.6. The number of hydrogen-bond acceptors (Lipinski definition) is 7. The lowest BCUT2D eigenvalue weighted by atomic mass is 9.93. The smallest absolute Gasteiger partial charge is 0.173 e. The summed E-state index contributed by atoms with van der Waals surface area (Å²) in [5.74, 6) is 1.78. The van der Waals surface area contributed by atoms with E-state index in [1.54, 1.807) is 7.11 Å². The minimum absolute atomic E-state index is 0.0332. The minimum Gasteiger partial charge on any atom is -0.497 e. The van der Waals surface area contributed by atoms with Gasteiger partial charge in [-0.1, -0.05) is 31.4 Å². The SMILES string of the molecule is COc1ccc([C@H](c2nnnn2C[C@@H]2CCCO2)N2CCN(C3CCCCC3)CC2)cc1. The fraction of sp³-hybridized carbons (Fsp3) is 0.708. The molecular weight excluding hydrogens is 404 g/mol. The first kappa shape index (κ1) is 21.8. The van der Waals surface area contributed by atoms with Crippen LogP contribution in [-0.2, 0) is 11.3 Å². The van der Waals surface area contributed by atoms with E-state index < -0.39 is 0 Å². The van der Waals surface area contributed by atoms with Crippen LogP contribution < -0.4 is 4.74 Å². The Morgan fingerprint density at radius 3 is 2.47 bits per heavy atom. The van der Waals surface area contributed by atoms with Gasteiger partial charge in [0.05, 0.1) is 25.8 Å². The fourth-order valence-electron chi connectivity index (χ4n) is 5.63. The third kappa shape index (κ3) is 4.82. The summed E-state index contributed by atoms with van der Waals surface area (Å²) in [6.07, 6.45) is 9.30. The highest BCUT2D eigenvalue weighted by atomic mass is 16.5. The average molecular weight is 441 g/mol. The number of piperazine rings is 1. The molecule has 0 N–H and O–H groups in total. The highest BCUT2D eigenvalue weighted by Gasteiger charge is 2.33. The molecule has 2 atom stereocenters. The van der Waals surface area contributed by atoms with Crippen molar-refractivity contribution in [3.63, 3.8) is 0 Å². The Bertz CT molecular complexity index is 836. The summed E-state index contributed by atoms with van der Waals surface area (Å²) in [6.45, 7) is 5.85. The lowest BCUT2D eigenvalue weighted by Gasteiger charge is -2.43. The largest absolute Gasteiger partial charge is 0.497 e. The summed E-state index contributed by atoms with van der Waals surface area (Å²) in [5.41, 5.74) is 1.21. The summed E-state index contributed by atoms with van der Waals surface area (Å²) in [7, 11) is 1.71. The van der Waals surface area contributed by atoms with E-state index in [9.17, 15) is 0 Å². The summed E-state index contributed by atoms with van der Waals surface area (Å²) in [4.78, 5) is 5.27. The number of benzene rings is 1. The molecule has 8 heteroatoms. The van der Waals surface area contributed by atoms with Crippen LogP contribution >= 0.6 is 0 Å². The quantitative estimate of drug-likeness (QED) is 0.656. The van der Waals surface area contributed by atoms with Crippen LogP contribution in [-0.4, -0.2) is 82.0 Å². The maximum atomic E-state index is 5.87. The number of aromatic nitrogens is 4. The summed E-state index contributed by atoms with van der Waals surface area (Å²) < 4.78 is 13.2. The summed E-state index contributed by atoms with van der Waals surface area (Å²) >= 11 is 0. The Morgan fingerprint density at radius 1 is 1.00 bits per heavy atom. The Balaban J connectivity index is 1.36. The van der Waals surface area contributed by atoms with E-state index in [2.05, 4.69) is 37.5 Å². The molecular formula is C24H36N6O2. The fourth-order valence-corrected chi connectivity index (χ4v) is 5.63. The molecule has 1 saturated carbocycles. The molecule has 2 aliphatic heterocycles. The summed E-state index contributed by atoms with van der Waals surface area (Å²) in [6, 6.07) is 9.19. The molecule has 3 fully saturated rings. The van der Waals surface area contributed by atoms with Gasteiger partial charge >= 0.3 is 0 Å². The van der Waals surface area contributed by atoms with Crippen molar-refractivity contribution in [1.29, 1.82) is 0 Å². The van der Waals surface area contributed by atoms with Crippen molar-refractivity contribution >= 4 is 0 Å². The number of ether oxygens (including phenoxy) is 2. The van der Waals surface area contributed by atoms with Gasteiger partial charge in [0.2, 0.25) is 0 Å². The third-order valence-electron chi connectivity index (χ3n) is 7.44. The third-order valence-corrected chi connectivity index (χ3v) is 7.44. The molecule has 5 rings (SSSR count). The van der Waals surface area contributed by atoms with Crippen molar-refractivity contribution in [2.45, 2.75) is 69.7 Å². The van der Waals surface area contributed by atoms with Gasteiger partial charge < -0.3 is 9.47 Å². The van der Waals surface area contributed by atoms with Gasteiger partial charge in [0, 0.05) is 38.8 Å². The minimum atomic E-state index is 0.0332. The zero-order valence-corrected chi connectivity index (χ0v) is 19.2. The predicted octanol–water partition coefficient (Wildman–Crippen LogP) is 2.90. The second-order valence-electron chi connectivity index (χ2n) is 9.39. The Kier molecular flexibility index (Phi) is 7.00. The first-order chi connectivity index (χ1) is 15.8. The monoisotopic (exact) mass is 440 g/mol. The molecule has 3 heterocycles. The van der Waals surface area contributed by atoms with Crippen LogP contribution in [0.3, 0.4) is 0 Å². The van der Waals surface area contributed by atoms with Crippen LogP contribution in [0.15, 0.2) is 24.3 Å². The molecule has 2 saturated heterocycles. The molecule has 8 nitrogen and oxygen atoms in total. The second kappa shape index (κ2) is 10.3. The number of hydrogen-bond donors (Lipinski definition) is 0. The molecule has 0 bridgehead atoms. The molecule has 2 aromatic rings. The van der Waals surface area contributed by atoms with Crippen molar-refractivity contribution in [2.24, 2.45) is 0 Å². The maximum absolute atomic E-state index is 5.87. The highest BCUT2D eigenvalue weighted by Crippen LogP contribution is 2.31. The molecule has 1 aromatic heterocycles. The standard InChI is InChI=1S/C24H36N6O2/c1-31-21-11-9-19(10-12-21)23(24-25-26-27-30(24)18-22-8-5-17-32-22)29-15-13-28(14-16-29)20-6-3-2-4-7-20/h9-12,20,22-23H,2-8,13-18H2,1H3/t22-,23+/m0/s1. The van der Waals surface area contributed by atoms with Gasteiger partial charge in [0.1, 0.15) is 5.75 Å². The molecule has 32 heavy (non-hydrogen) atoms. The van der Waals surface area contributed by atoms with Crippen molar-refractivity contribution in [2.75, 3.05) is 39.9 Å². The molecule has 1 aliphatic carbocycles. The lowest BCUT2D eigenvalue weighted by Crippen LogP contribution is -2.52. The number of rotatable bonds is 7. The number of tetrazole rings is 1. The Labute approximate surface area is 190 Å². The first-order valence-corrected chi connectivity index (χ1v) is 12.3. The zero-order chi connectivity index (χ0) is 21.8. The zero-order valence-electron chi connectivity index (χ0n) is 19.2. The van der Waals surface area contributed by atoms with Gasteiger partial charge in [0.25, 0.3) is 0 Å². The van der Waals surface area contributed by atoms with Crippen LogP contribution in [0.2, 0.25) is 0 Å². The van der Waals surface area contributed by atoms with Crippen molar-refractivity contribution in [3.05, 3.63) is 35.7 Å². The van der Waals surface area contributed by atoms with E-state index in [1.165, 1.54) is 37.7 Å². The van der Waals surface area contributed by atoms with E-state index >= 15 is 0 Å². The van der Waals surface area contributed by atoms with Crippen LogP contribution in [0.1, 0.15) is 62.4 Å². The first-order valence-electron chi connectivity index (χ1n) is 12.3. The molecule has 1 aromatic carbocycles. The molecule has 0 amide bonds. The molecule has 0 unspecified atom stereocenters. The van der Waals surface area contributed by atoms with Crippen LogP contribution in [0.4, 0.5) is 0 Å². The molecule has 174 valence electrons. The van der Waals surface area contributed by atoms with E-state index in [1.807, 2.05) is 16.8 Å². The maximum Gasteiger partial charge on any atom is 0.173 e. The van der Waals surface area contributed by atoms with Crippen molar-refractivity contribution in [1.82, 2.24) is 30.0 Å². The van der Waals surface area contributed by atoms with Crippen LogP contribution in [0.25, 0.3) is 0 Å². The second-order valence-corrected chi connectivity index (χ2v) is 9.39. The van der Waals surface area contributed by atoms with Crippen molar-refractivity contribution < 1.29 is 9.47 Å². The van der Waals surface area contributed by atoms with Gasteiger partial charge in [-0.15, -0.1) is 5.10 Å². The van der Waals surface area contributed by atoms with Gasteiger partial charge in [-0.05, 0) is 53.8 Å². The van der Waals surface area contributed by atoms with Crippen LogP contribution in [0, 0.1) is 0 Å². The van der Waals surface area contributed by atoms with E-state index in [0.29, 0.717) is 0 Å². The van der Waals surface area contributed by atoms with Crippen molar-refractivity contribution in [3.8, 4) is 5.75 Å². The van der Waals surface area contributed by atoms with E-state index in [4.69, 9.17) is 9.47 Å². The number of nitrogens with zero attached hydrogens (tertiary/aromatic N) is 6. The Hall–Kier alpha value is -2.03. The predicted molar refractivity (Wildman–Crippen MR) is 122 cm³/mol. The number of methoxy groups -OCH3 is 1. The topological polar surface area (TPSA) is 68.5 Å². The molecule has 3 aliphatic rings. The van der Waals surface area contributed by atoms with Gasteiger partial charge in [-0.3, -0.25) is 9.80 Å².